The summed E-state index contributed by atoms with van der Waals surface area (Å²) in [5.41, 5.74) is 1.02. The third-order valence-electron chi connectivity index (χ3n) is 3.22. The first kappa shape index (κ1) is 14.0. The van der Waals surface area contributed by atoms with E-state index in [1.807, 2.05) is 26.0 Å². The van der Waals surface area contributed by atoms with Gasteiger partial charge in [0.15, 0.2) is 5.69 Å². The molecule has 0 fully saturated rings. The quantitative estimate of drug-likeness (QED) is 0.927. The van der Waals surface area contributed by atoms with Crippen molar-refractivity contribution in [2.24, 2.45) is 0 Å². The normalized spacial score (nSPS) is 11.9. The first-order chi connectivity index (χ1) is 9.65. The fourth-order valence-electron chi connectivity index (χ4n) is 2.09. The molecule has 0 saturated carbocycles. The van der Waals surface area contributed by atoms with Crippen LogP contribution in [0, 0.1) is 0 Å². The van der Waals surface area contributed by atoms with Crippen molar-refractivity contribution in [3.05, 3.63) is 54.1 Å². The van der Waals surface area contributed by atoms with Crippen molar-refractivity contribution in [2.45, 2.75) is 19.9 Å². The van der Waals surface area contributed by atoms with Crippen LogP contribution in [-0.4, -0.2) is 32.4 Å². The molecule has 1 N–H and O–H groups in total. The molecule has 2 aromatic heterocycles. The number of rotatable bonds is 4. The molecule has 0 aliphatic rings. The largest absolute Gasteiger partial charge is 0.505 e. The highest BCUT2D eigenvalue weighted by atomic mass is 16.3. The standard InChI is InChI=1S/C15H17N3O2/c1-3-18(11(2)12-6-4-8-16-10-12)15(20)14-13(19)7-5-9-17-14/h4-11,19H,3H2,1-2H3. The van der Waals surface area contributed by atoms with Gasteiger partial charge in [-0.2, -0.15) is 0 Å². The number of nitrogens with zero attached hydrogens (tertiary/aromatic N) is 3. The van der Waals surface area contributed by atoms with Crippen LogP contribution in [0.25, 0.3) is 0 Å². The second-order valence-electron chi connectivity index (χ2n) is 4.42. The van der Waals surface area contributed by atoms with Gasteiger partial charge >= 0.3 is 0 Å². The minimum atomic E-state index is -0.290. The molecule has 1 amide bonds. The van der Waals surface area contributed by atoms with E-state index < -0.39 is 0 Å². The predicted molar refractivity (Wildman–Crippen MR) is 75.3 cm³/mol. The Balaban J connectivity index is 2.29. The summed E-state index contributed by atoms with van der Waals surface area (Å²) in [5.74, 6) is -0.392. The van der Waals surface area contributed by atoms with Crippen molar-refractivity contribution in [2.75, 3.05) is 6.54 Å². The number of hydrogen-bond acceptors (Lipinski definition) is 4. The van der Waals surface area contributed by atoms with E-state index >= 15 is 0 Å². The van der Waals surface area contributed by atoms with Gasteiger partial charge in [-0.25, -0.2) is 4.98 Å². The van der Waals surface area contributed by atoms with Crippen LogP contribution in [0.2, 0.25) is 0 Å². The second kappa shape index (κ2) is 6.14. The Hall–Kier alpha value is -2.43. The molecular weight excluding hydrogens is 254 g/mol. The van der Waals surface area contributed by atoms with Gasteiger partial charge in [0.2, 0.25) is 0 Å². The fraction of sp³-hybridized carbons (Fsp3) is 0.267. The molecule has 2 aromatic rings. The summed E-state index contributed by atoms with van der Waals surface area (Å²) in [6, 6.07) is 6.67. The van der Waals surface area contributed by atoms with Crippen molar-refractivity contribution in [3.63, 3.8) is 0 Å². The summed E-state index contributed by atoms with van der Waals surface area (Å²) in [7, 11) is 0. The van der Waals surface area contributed by atoms with E-state index in [1.165, 1.54) is 12.3 Å². The van der Waals surface area contributed by atoms with Crippen LogP contribution < -0.4 is 0 Å². The van der Waals surface area contributed by atoms with Crippen molar-refractivity contribution >= 4 is 5.91 Å². The van der Waals surface area contributed by atoms with Crippen LogP contribution in [0.3, 0.4) is 0 Å². The Bertz CT molecular complexity index is 587. The lowest BCUT2D eigenvalue weighted by molar-refractivity contribution is 0.0692. The van der Waals surface area contributed by atoms with Crippen molar-refractivity contribution in [3.8, 4) is 5.75 Å². The molecule has 0 bridgehead atoms. The van der Waals surface area contributed by atoms with Crippen LogP contribution in [0.4, 0.5) is 0 Å². The average Bonchev–Trinajstić information content (AvgIpc) is 2.49. The van der Waals surface area contributed by atoms with Gasteiger partial charge in [0.05, 0.1) is 6.04 Å². The predicted octanol–water partition coefficient (Wildman–Crippen LogP) is 2.41. The van der Waals surface area contributed by atoms with Crippen LogP contribution >= 0.6 is 0 Å². The highest BCUT2D eigenvalue weighted by molar-refractivity contribution is 5.95. The molecule has 5 nitrogen and oxygen atoms in total. The Labute approximate surface area is 117 Å². The van der Waals surface area contributed by atoms with Gasteiger partial charge in [-0.15, -0.1) is 0 Å². The van der Waals surface area contributed by atoms with Gasteiger partial charge < -0.3 is 10.0 Å². The molecule has 0 spiro atoms. The first-order valence-electron chi connectivity index (χ1n) is 6.50. The molecule has 5 heteroatoms. The SMILES string of the molecule is CCN(C(=O)c1ncccc1O)C(C)c1cccnc1. The lowest BCUT2D eigenvalue weighted by Crippen LogP contribution is -2.34. The fourth-order valence-corrected chi connectivity index (χ4v) is 2.09. The lowest BCUT2D eigenvalue weighted by Gasteiger charge is -2.28. The van der Waals surface area contributed by atoms with Crippen LogP contribution in [-0.2, 0) is 0 Å². The molecule has 1 atom stereocenters. The number of carbonyl (C=O) groups excluding carboxylic acids is 1. The Kier molecular flexibility index (Phi) is 4.30. The molecule has 20 heavy (non-hydrogen) atoms. The summed E-state index contributed by atoms with van der Waals surface area (Å²) in [6.07, 6.45) is 4.92. The van der Waals surface area contributed by atoms with E-state index in [9.17, 15) is 9.90 Å². The summed E-state index contributed by atoms with van der Waals surface area (Å²) >= 11 is 0. The molecule has 1 unspecified atom stereocenters. The minimum absolute atomic E-state index is 0.0742. The van der Waals surface area contributed by atoms with Crippen molar-refractivity contribution < 1.29 is 9.90 Å². The maximum absolute atomic E-state index is 12.5. The molecule has 0 saturated heterocycles. The van der Waals surface area contributed by atoms with Gasteiger partial charge in [0.25, 0.3) is 5.91 Å². The first-order valence-corrected chi connectivity index (χ1v) is 6.50. The summed E-state index contributed by atoms with van der Waals surface area (Å²) < 4.78 is 0. The van der Waals surface area contributed by atoms with Crippen molar-refractivity contribution in [1.82, 2.24) is 14.9 Å². The van der Waals surface area contributed by atoms with Crippen molar-refractivity contribution in [1.29, 1.82) is 0 Å². The van der Waals surface area contributed by atoms with E-state index in [0.29, 0.717) is 6.54 Å². The van der Waals surface area contributed by atoms with Gasteiger partial charge in [-0.3, -0.25) is 9.78 Å². The summed E-state index contributed by atoms with van der Waals surface area (Å²) in [5, 5.41) is 9.76. The summed E-state index contributed by atoms with van der Waals surface area (Å²) in [4.78, 5) is 22.2. The Morgan fingerprint density at radius 1 is 1.35 bits per heavy atom. The minimum Gasteiger partial charge on any atom is -0.505 e. The molecule has 0 aliphatic heterocycles. The van der Waals surface area contributed by atoms with E-state index in [-0.39, 0.29) is 23.4 Å². The van der Waals surface area contributed by atoms with Crippen LogP contribution in [0.5, 0.6) is 5.75 Å². The third-order valence-corrected chi connectivity index (χ3v) is 3.22. The van der Waals surface area contributed by atoms with E-state index in [1.54, 1.807) is 23.4 Å². The van der Waals surface area contributed by atoms with Gasteiger partial charge in [0, 0.05) is 25.1 Å². The highest BCUT2D eigenvalue weighted by Crippen LogP contribution is 2.23. The highest BCUT2D eigenvalue weighted by Gasteiger charge is 2.24. The second-order valence-corrected chi connectivity index (χ2v) is 4.42. The van der Waals surface area contributed by atoms with E-state index in [4.69, 9.17) is 0 Å². The Morgan fingerprint density at radius 3 is 2.70 bits per heavy atom. The number of amides is 1. The molecule has 2 rings (SSSR count). The van der Waals surface area contributed by atoms with E-state index in [0.717, 1.165) is 5.56 Å². The molecule has 0 aliphatic carbocycles. The number of aromatic nitrogens is 2. The summed E-state index contributed by atoms with van der Waals surface area (Å²) in [6.45, 7) is 4.34. The zero-order chi connectivity index (χ0) is 14.5. The lowest BCUT2D eigenvalue weighted by atomic mass is 10.1. The average molecular weight is 271 g/mol. The van der Waals surface area contributed by atoms with Gasteiger partial charge in [-0.1, -0.05) is 6.07 Å². The maximum atomic E-state index is 12.5. The third kappa shape index (κ3) is 2.77. The maximum Gasteiger partial charge on any atom is 0.276 e. The number of hydrogen-bond donors (Lipinski definition) is 1. The van der Waals surface area contributed by atoms with Gasteiger partial charge in [0.1, 0.15) is 5.75 Å². The zero-order valence-corrected chi connectivity index (χ0v) is 11.5. The molecule has 104 valence electrons. The molecule has 2 heterocycles. The molecular formula is C15H17N3O2. The number of aromatic hydroxyl groups is 1. The van der Waals surface area contributed by atoms with Crippen LogP contribution in [0.1, 0.15) is 35.9 Å². The van der Waals surface area contributed by atoms with E-state index in [2.05, 4.69) is 9.97 Å². The Morgan fingerprint density at radius 2 is 2.10 bits per heavy atom. The number of pyridine rings is 2. The number of carbonyl (C=O) groups is 1. The topological polar surface area (TPSA) is 66.3 Å². The van der Waals surface area contributed by atoms with Crippen LogP contribution in [0.15, 0.2) is 42.9 Å². The van der Waals surface area contributed by atoms with Gasteiger partial charge in [-0.05, 0) is 37.6 Å². The smallest absolute Gasteiger partial charge is 0.276 e. The molecule has 0 radical (unpaired) electrons. The zero-order valence-electron chi connectivity index (χ0n) is 11.5. The molecule has 0 aromatic carbocycles. The monoisotopic (exact) mass is 271 g/mol.